The third kappa shape index (κ3) is 5.96. The lowest BCUT2D eigenvalue weighted by Crippen LogP contribution is -2.36. The Morgan fingerprint density at radius 2 is 1.50 bits per heavy atom. The summed E-state index contributed by atoms with van der Waals surface area (Å²) in [7, 11) is 4.63. The molecular weight excluding hydrogens is 440 g/mol. The number of hydrogen-bond donors (Lipinski definition) is 1. The molecule has 1 aliphatic rings. The molecule has 1 saturated heterocycles. The van der Waals surface area contributed by atoms with Crippen LogP contribution in [0.4, 0.5) is 11.4 Å². The molecule has 1 heterocycles. The van der Waals surface area contributed by atoms with Gasteiger partial charge in [0, 0.05) is 25.2 Å². The molecule has 3 rings (SSSR count). The van der Waals surface area contributed by atoms with Gasteiger partial charge in [0.25, 0.3) is 0 Å². The van der Waals surface area contributed by atoms with Gasteiger partial charge in [-0.1, -0.05) is 0 Å². The van der Waals surface area contributed by atoms with Crippen molar-refractivity contribution < 1.29 is 33.2 Å². The van der Waals surface area contributed by atoms with Crippen molar-refractivity contribution in [3.8, 4) is 28.7 Å². The van der Waals surface area contributed by atoms with Gasteiger partial charge in [0.15, 0.2) is 11.5 Å². The molecule has 0 aliphatic carbocycles. The average Bonchev–Trinajstić information content (AvgIpc) is 2.85. The van der Waals surface area contributed by atoms with E-state index in [4.69, 9.17) is 28.4 Å². The van der Waals surface area contributed by atoms with Gasteiger partial charge in [-0.15, -0.1) is 0 Å². The fraction of sp³-hybridized carbons (Fsp3) is 0.480. The van der Waals surface area contributed by atoms with Gasteiger partial charge >= 0.3 is 0 Å². The second kappa shape index (κ2) is 12.2. The van der Waals surface area contributed by atoms with Crippen LogP contribution in [0.5, 0.6) is 28.7 Å². The van der Waals surface area contributed by atoms with E-state index in [1.54, 1.807) is 33.5 Å². The minimum atomic E-state index is -0.211. The van der Waals surface area contributed by atoms with Crippen molar-refractivity contribution in [1.29, 1.82) is 0 Å². The number of carbonyl (C=O) groups excluding carboxylic acids is 1. The van der Waals surface area contributed by atoms with E-state index in [1.165, 1.54) is 0 Å². The molecule has 0 atom stereocenters. The predicted octanol–water partition coefficient (Wildman–Crippen LogP) is 3.53. The van der Waals surface area contributed by atoms with Crippen LogP contribution in [-0.2, 0) is 16.0 Å². The Labute approximate surface area is 200 Å². The Kier molecular flexibility index (Phi) is 9.09. The molecule has 1 amide bonds. The summed E-state index contributed by atoms with van der Waals surface area (Å²) >= 11 is 0. The zero-order valence-corrected chi connectivity index (χ0v) is 20.6. The summed E-state index contributed by atoms with van der Waals surface area (Å²) < 4.78 is 33.4. The van der Waals surface area contributed by atoms with Crippen molar-refractivity contribution in [2.75, 3.05) is 71.1 Å². The van der Waals surface area contributed by atoms with Crippen LogP contribution in [0.25, 0.3) is 0 Å². The first-order chi connectivity index (χ1) is 16.5. The smallest absolute Gasteiger partial charge is 0.228 e. The Hall–Kier alpha value is -3.33. The molecule has 2 aromatic carbocycles. The second-order valence-corrected chi connectivity index (χ2v) is 7.54. The van der Waals surface area contributed by atoms with Crippen LogP contribution in [0.3, 0.4) is 0 Å². The van der Waals surface area contributed by atoms with Crippen LogP contribution in [0.1, 0.15) is 19.4 Å². The molecule has 0 saturated carbocycles. The van der Waals surface area contributed by atoms with Gasteiger partial charge in [0.2, 0.25) is 11.7 Å². The number of nitrogens with one attached hydrogen (secondary N) is 1. The maximum Gasteiger partial charge on any atom is 0.228 e. The van der Waals surface area contributed by atoms with E-state index in [1.807, 2.05) is 26.0 Å². The van der Waals surface area contributed by atoms with Crippen LogP contribution < -0.4 is 33.9 Å². The van der Waals surface area contributed by atoms with Gasteiger partial charge in [-0.3, -0.25) is 4.79 Å². The molecule has 0 spiro atoms. The number of amides is 1. The molecule has 0 bridgehead atoms. The second-order valence-electron chi connectivity index (χ2n) is 7.54. The van der Waals surface area contributed by atoms with Crippen molar-refractivity contribution >= 4 is 17.3 Å². The number of rotatable bonds is 11. The standard InChI is InChI=1S/C25H34N2O7/c1-6-33-20-16-19(27-8-10-32-11-9-27)21(34-7-2)15-18(20)26-24(28)14-17-12-22(29-3)25(31-5)23(13-17)30-4/h12-13,15-16H,6-11,14H2,1-5H3,(H,26,28). The maximum absolute atomic E-state index is 13.0. The molecule has 1 N–H and O–H groups in total. The van der Waals surface area contributed by atoms with Gasteiger partial charge < -0.3 is 38.6 Å². The molecular formula is C25H34N2O7. The number of methoxy groups -OCH3 is 3. The van der Waals surface area contributed by atoms with E-state index in [9.17, 15) is 4.79 Å². The molecule has 1 aliphatic heterocycles. The summed E-state index contributed by atoms with van der Waals surface area (Å²) in [5.41, 5.74) is 2.20. The molecule has 2 aromatic rings. The molecule has 9 heteroatoms. The number of hydrogen-bond acceptors (Lipinski definition) is 8. The molecule has 186 valence electrons. The summed E-state index contributed by atoms with van der Waals surface area (Å²) in [6.45, 7) is 7.65. The Morgan fingerprint density at radius 1 is 0.882 bits per heavy atom. The molecule has 1 fully saturated rings. The predicted molar refractivity (Wildman–Crippen MR) is 130 cm³/mol. The molecule has 0 radical (unpaired) electrons. The van der Waals surface area contributed by atoms with E-state index in [2.05, 4.69) is 10.2 Å². The highest BCUT2D eigenvalue weighted by Crippen LogP contribution is 2.40. The topological polar surface area (TPSA) is 87.7 Å². The fourth-order valence-corrected chi connectivity index (χ4v) is 3.86. The number of ether oxygens (including phenoxy) is 6. The average molecular weight is 475 g/mol. The third-order valence-corrected chi connectivity index (χ3v) is 5.38. The minimum Gasteiger partial charge on any atom is -0.493 e. The van der Waals surface area contributed by atoms with Gasteiger partial charge in [-0.2, -0.15) is 0 Å². The van der Waals surface area contributed by atoms with E-state index < -0.39 is 0 Å². The van der Waals surface area contributed by atoms with Crippen molar-refractivity contribution in [3.05, 3.63) is 29.8 Å². The lowest BCUT2D eigenvalue weighted by molar-refractivity contribution is -0.115. The summed E-state index contributed by atoms with van der Waals surface area (Å²) in [6.07, 6.45) is 0.109. The van der Waals surface area contributed by atoms with Gasteiger partial charge in [-0.25, -0.2) is 0 Å². The summed E-state index contributed by atoms with van der Waals surface area (Å²) in [5, 5.41) is 2.98. The van der Waals surface area contributed by atoms with Gasteiger partial charge in [0.1, 0.15) is 11.5 Å². The van der Waals surface area contributed by atoms with E-state index in [0.717, 1.165) is 24.3 Å². The van der Waals surface area contributed by atoms with Crippen LogP contribution in [0, 0.1) is 0 Å². The first kappa shape index (κ1) is 25.3. The Morgan fingerprint density at radius 3 is 2.06 bits per heavy atom. The highest BCUT2D eigenvalue weighted by molar-refractivity contribution is 5.95. The van der Waals surface area contributed by atoms with E-state index >= 15 is 0 Å². The van der Waals surface area contributed by atoms with Crippen molar-refractivity contribution in [2.45, 2.75) is 20.3 Å². The number of nitrogens with zero attached hydrogens (tertiary/aromatic N) is 1. The van der Waals surface area contributed by atoms with Crippen LogP contribution in [0.15, 0.2) is 24.3 Å². The number of benzene rings is 2. The molecule has 9 nitrogen and oxygen atoms in total. The highest BCUT2D eigenvalue weighted by atomic mass is 16.5. The molecule has 34 heavy (non-hydrogen) atoms. The Balaban J connectivity index is 1.87. The Bertz CT molecular complexity index is 949. The van der Waals surface area contributed by atoms with E-state index in [0.29, 0.717) is 60.9 Å². The summed E-state index contributed by atoms with van der Waals surface area (Å²) in [6, 6.07) is 7.27. The summed E-state index contributed by atoms with van der Waals surface area (Å²) in [4.78, 5) is 15.2. The largest absolute Gasteiger partial charge is 0.493 e. The molecule has 0 unspecified atom stereocenters. The fourth-order valence-electron chi connectivity index (χ4n) is 3.86. The lowest BCUT2D eigenvalue weighted by atomic mass is 10.1. The van der Waals surface area contributed by atoms with Crippen molar-refractivity contribution in [1.82, 2.24) is 0 Å². The van der Waals surface area contributed by atoms with E-state index in [-0.39, 0.29) is 12.3 Å². The molecule has 0 aromatic heterocycles. The number of carbonyl (C=O) groups is 1. The third-order valence-electron chi connectivity index (χ3n) is 5.38. The van der Waals surface area contributed by atoms with Gasteiger partial charge in [-0.05, 0) is 31.5 Å². The van der Waals surface area contributed by atoms with Crippen molar-refractivity contribution in [2.24, 2.45) is 0 Å². The maximum atomic E-state index is 13.0. The SMILES string of the molecule is CCOc1cc(N2CCOCC2)c(OCC)cc1NC(=O)Cc1cc(OC)c(OC)c(OC)c1. The van der Waals surface area contributed by atoms with Crippen LogP contribution >= 0.6 is 0 Å². The van der Waals surface area contributed by atoms with Crippen molar-refractivity contribution in [3.63, 3.8) is 0 Å². The first-order valence-electron chi connectivity index (χ1n) is 11.4. The minimum absolute atomic E-state index is 0.109. The zero-order chi connectivity index (χ0) is 24.5. The first-order valence-corrected chi connectivity index (χ1v) is 11.4. The number of morpholine rings is 1. The lowest BCUT2D eigenvalue weighted by Gasteiger charge is -2.31. The summed E-state index contributed by atoms with van der Waals surface area (Å²) in [5.74, 6) is 2.53. The highest BCUT2D eigenvalue weighted by Gasteiger charge is 2.21. The quantitative estimate of drug-likeness (QED) is 0.529. The monoisotopic (exact) mass is 474 g/mol. The van der Waals surface area contributed by atoms with Crippen LogP contribution in [-0.4, -0.2) is 66.8 Å². The zero-order valence-electron chi connectivity index (χ0n) is 20.6. The van der Waals surface area contributed by atoms with Crippen LogP contribution in [0.2, 0.25) is 0 Å². The number of anilines is 2. The van der Waals surface area contributed by atoms with Gasteiger partial charge in [0.05, 0.1) is 65.6 Å². The normalized spacial score (nSPS) is 13.3.